The molecule has 0 unspecified atom stereocenters. The molecular weight excluding hydrogens is 444 g/mol. The molecule has 0 bridgehead atoms. The van der Waals surface area contributed by atoms with Crippen molar-refractivity contribution in [1.82, 2.24) is 0 Å². The van der Waals surface area contributed by atoms with Gasteiger partial charge in [-0.1, -0.05) is 55.6 Å². The molecule has 0 N–H and O–H groups in total. The van der Waals surface area contributed by atoms with E-state index in [0.29, 0.717) is 24.4 Å². The summed E-state index contributed by atoms with van der Waals surface area (Å²) in [6.45, 7) is 10.5. The van der Waals surface area contributed by atoms with Crippen molar-refractivity contribution in [2.45, 2.75) is 32.6 Å². The van der Waals surface area contributed by atoms with Gasteiger partial charge in [-0.3, -0.25) is 0 Å². The zero-order chi connectivity index (χ0) is 25.6. The Labute approximate surface area is 208 Å². The van der Waals surface area contributed by atoms with Crippen LogP contribution in [-0.2, 0) is 41.4 Å². The van der Waals surface area contributed by atoms with E-state index in [2.05, 4.69) is 62.5 Å². The zero-order valence-electron chi connectivity index (χ0n) is 21.1. The minimum Gasteiger partial charge on any atom is -0.462 e. The summed E-state index contributed by atoms with van der Waals surface area (Å²) in [7, 11) is 3.04. The predicted molar refractivity (Wildman–Crippen MR) is 137 cm³/mol. The molecule has 6 heteroatoms. The molecule has 6 nitrogen and oxygen atoms in total. The Balaban J connectivity index is 1.80. The van der Waals surface area contributed by atoms with Gasteiger partial charge in [-0.25, -0.2) is 9.59 Å². The summed E-state index contributed by atoms with van der Waals surface area (Å²) in [5.74, 6) is -0.814. The molecule has 35 heavy (non-hydrogen) atoms. The molecular formula is C29H36O6. The predicted octanol–water partition coefficient (Wildman–Crippen LogP) is 5.02. The Kier molecular flexibility index (Phi) is 11.9. The number of carbonyl (C=O) groups is 2. The van der Waals surface area contributed by atoms with E-state index in [1.807, 2.05) is 0 Å². The van der Waals surface area contributed by atoms with Crippen LogP contribution in [0.1, 0.15) is 29.5 Å². The molecule has 0 aliphatic rings. The summed E-state index contributed by atoms with van der Waals surface area (Å²) in [5.41, 5.74) is 6.59. The summed E-state index contributed by atoms with van der Waals surface area (Å²) in [6, 6.07) is 14.9. The van der Waals surface area contributed by atoms with Gasteiger partial charge in [0.1, 0.15) is 0 Å². The van der Waals surface area contributed by atoms with Gasteiger partial charge in [-0.05, 0) is 60.4 Å². The van der Waals surface area contributed by atoms with Crippen molar-refractivity contribution in [3.63, 3.8) is 0 Å². The van der Waals surface area contributed by atoms with Crippen LogP contribution < -0.4 is 0 Å². The van der Waals surface area contributed by atoms with Crippen molar-refractivity contribution in [3.05, 3.63) is 83.5 Å². The van der Waals surface area contributed by atoms with Crippen molar-refractivity contribution in [2.75, 3.05) is 40.6 Å². The maximum Gasteiger partial charge on any atom is 0.335 e. The summed E-state index contributed by atoms with van der Waals surface area (Å²) in [6.07, 6.45) is 3.14. The first-order valence-corrected chi connectivity index (χ1v) is 11.7. The number of hydrogen-bond acceptors (Lipinski definition) is 6. The highest BCUT2D eigenvalue weighted by Gasteiger charge is 2.09. The molecule has 0 aromatic heterocycles. The highest BCUT2D eigenvalue weighted by molar-refractivity contribution is 5.88. The number of esters is 2. The molecule has 0 saturated carbocycles. The number of carbonyl (C=O) groups excluding carboxylic acids is 2. The number of methoxy groups -OCH3 is 2. The summed E-state index contributed by atoms with van der Waals surface area (Å²) in [5, 5.41) is 0. The molecule has 0 amide bonds. The second-order valence-corrected chi connectivity index (χ2v) is 8.40. The fourth-order valence-corrected chi connectivity index (χ4v) is 3.61. The van der Waals surface area contributed by atoms with Gasteiger partial charge < -0.3 is 18.9 Å². The fraction of sp³-hybridized carbons (Fsp3) is 0.379. The standard InChI is InChI=1S/C29H36O6/c1-21-18-25(9-7-17-35-29(31)23(3)20-33-5)12-15-27(21)26-13-10-24(11-14-26)8-6-16-34-28(30)22(2)19-32-4/h10-15,18H,2-3,6-9,16-17,19-20H2,1,4-5H3. The van der Waals surface area contributed by atoms with Crippen molar-refractivity contribution in [1.29, 1.82) is 0 Å². The molecule has 0 heterocycles. The second kappa shape index (κ2) is 14.9. The highest BCUT2D eigenvalue weighted by atomic mass is 16.5. The van der Waals surface area contributed by atoms with E-state index in [1.54, 1.807) is 0 Å². The fourth-order valence-electron chi connectivity index (χ4n) is 3.61. The maximum absolute atomic E-state index is 11.7. The van der Waals surface area contributed by atoms with Crippen molar-refractivity contribution < 1.29 is 28.5 Å². The van der Waals surface area contributed by atoms with Gasteiger partial charge in [0.25, 0.3) is 0 Å². The second-order valence-electron chi connectivity index (χ2n) is 8.40. The smallest absolute Gasteiger partial charge is 0.335 e. The zero-order valence-corrected chi connectivity index (χ0v) is 21.1. The quantitative estimate of drug-likeness (QED) is 0.203. The van der Waals surface area contributed by atoms with Crippen molar-refractivity contribution in [3.8, 4) is 11.1 Å². The Bertz CT molecular complexity index is 1010. The largest absolute Gasteiger partial charge is 0.462 e. The minimum atomic E-state index is -0.407. The molecule has 0 saturated heterocycles. The van der Waals surface area contributed by atoms with Crippen molar-refractivity contribution in [2.24, 2.45) is 0 Å². The van der Waals surface area contributed by atoms with E-state index in [9.17, 15) is 9.59 Å². The number of aryl methyl sites for hydroxylation is 3. The Morgan fingerprint density at radius 1 is 0.743 bits per heavy atom. The van der Waals surface area contributed by atoms with Crippen LogP contribution in [0.15, 0.2) is 66.8 Å². The Hall–Kier alpha value is -3.22. The normalized spacial score (nSPS) is 10.6. The van der Waals surface area contributed by atoms with E-state index >= 15 is 0 Å². The molecule has 2 rings (SSSR count). The summed E-state index contributed by atoms with van der Waals surface area (Å²) in [4.78, 5) is 23.5. The minimum absolute atomic E-state index is 0.182. The molecule has 0 fully saturated rings. The molecule has 0 spiro atoms. The molecule has 2 aromatic rings. The molecule has 0 atom stereocenters. The lowest BCUT2D eigenvalue weighted by Gasteiger charge is -2.11. The maximum atomic E-state index is 11.7. The van der Waals surface area contributed by atoms with Crippen LogP contribution >= 0.6 is 0 Å². The van der Waals surface area contributed by atoms with Gasteiger partial charge in [0.15, 0.2) is 0 Å². The van der Waals surface area contributed by atoms with Gasteiger partial charge in [0.2, 0.25) is 0 Å². The SMILES string of the molecule is C=C(COC)C(=O)OCCCc1ccc(-c2ccc(CCCOC(=O)C(=C)COC)cc2C)cc1. The summed E-state index contributed by atoms with van der Waals surface area (Å²) >= 11 is 0. The average Bonchev–Trinajstić information content (AvgIpc) is 2.85. The first-order valence-electron chi connectivity index (χ1n) is 11.7. The first kappa shape index (κ1) is 28.0. The molecule has 0 radical (unpaired) electrons. The first-order chi connectivity index (χ1) is 16.8. The third kappa shape index (κ3) is 9.51. The molecule has 188 valence electrons. The van der Waals surface area contributed by atoms with Gasteiger partial charge >= 0.3 is 11.9 Å². The van der Waals surface area contributed by atoms with Crippen LogP contribution in [0.4, 0.5) is 0 Å². The van der Waals surface area contributed by atoms with Gasteiger partial charge in [-0.2, -0.15) is 0 Å². The third-order valence-electron chi connectivity index (χ3n) is 5.46. The number of ether oxygens (including phenoxy) is 4. The molecule has 0 aliphatic heterocycles. The van der Waals surface area contributed by atoms with Crippen LogP contribution in [0.2, 0.25) is 0 Å². The monoisotopic (exact) mass is 480 g/mol. The number of benzene rings is 2. The Morgan fingerprint density at radius 3 is 1.71 bits per heavy atom. The highest BCUT2D eigenvalue weighted by Crippen LogP contribution is 2.25. The van der Waals surface area contributed by atoms with Crippen LogP contribution in [0.25, 0.3) is 11.1 Å². The van der Waals surface area contributed by atoms with E-state index in [1.165, 1.54) is 36.5 Å². The van der Waals surface area contributed by atoms with Crippen LogP contribution in [-0.4, -0.2) is 52.6 Å². The lowest BCUT2D eigenvalue weighted by Crippen LogP contribution is -2.12. The number of rotatable bonds is 15. The van der Waals surface area contributed by atoms with Gasteiger partial charge in [0, 0.05) is 14.2 Å². The molecule has 2 aromatic carbocycles. The van der Waals surface area contributed by atoms with Crippen LogP contribution in [0, 0.1) is 6.92 Å². The average molecular weight is 481 g/mol. The third-order valence-corrected chi connectivity index (χ3v) is 5.46. The summed E-state index contributed by atoms with van der Waals surface area (Å²) < 4.78 is 20.2. The van der Waals surface area contributed by atoms with Crippen LogP contribution in [0.5, 0.6) is 0 Å². The lowest BCUT2D eigenvalue weighted by atomic mass is 9.96. The van der Waals surface area contributed by atoms with E-state index in [4.69, 9.17) is 18.9 Å². The Morgan fingerprint density at radius 2 is 1.23 bits per heavy atom. The van der Waals surface area contributed by atoms with Crippen molar-refractivity contribution >= 4 is 11.9 Å². The van der Waals surface area contributed by atoms with E-state index < -0.39 is 11.9 Å². The lowest BCUT2D eigenvalue weighted by molar-refractivity contribution is -0.140. The van der Waals surface area contributed by atoms with Crippen LogP contribution in [0.3, 0.4) is 0 Å². The van der Waals surface area contributed by atoms with Gasteiger partial charge in [0.05, 0.1) is 37.6 Å². The van der Waals surface area contributed by atoms with E-state index in [0.717, 1.165) is 31.2 Å². The van der Waals surface area contributed by atoms with E-state index in [-0.39, 0.29) is 13.2 Å². The molecule has 0 aliphatic carbocycles. The number of hydrogen-bond donors (Lipinski definition) is 0. The topological polar surface area (TPSA) is 71.1 Å². The van der Waals surface area contributed by atoms with Gasteiger partial charge in [-0.15, -0.1) is 0 Å².